The third kappa shape index (κ3) is 2.89. The van der Waals surface area contributed by atoms with Gasteiger partial charge in [-0.25, -0.2) is 18.4 Å². The van der Waals surface area contributed by atoms with Gasteiger partial charge in [0.05, 0.1) is 5.69 Å². The first-order valence-electron chi connectivity index (χ1n) is 6.36. The molecule has 106 valence electrons. The predicted molar refractivity (Wildman–Crippen MR) is 75.0 cm³/mol. The first-order valence-corrected chi connectivity index (χ1v) is 6.36. The number of halogens is 2. The summed E-state index contributed by atoms with van der Waals surface area (Å²) in [4.78, 5) is 3.87. The molecule has 4 nitrogen and oxygen atoms in total. The second-order valence-electron chi connectivity index (χ2n) is 4.45. The number of aromatic nitrogens is 3. The van der Waals surface area contributed by atoms with Gasteiger partial charge < -0.3 is 5.32 Å². The SMILES string of the molecule is Fc1cccc(CNc2ccc(-n3cncn3)cc2)c1F. The van der Waals surface area contributed by atoms with Gasteiger partial charge in [-0.15, -0.1) is 0 Å². The maximum absolute atomic E-state index is 13.5. The van der Waals surface area contributed by atoms with Crippen LogP contribution < -0.4 is 5.32 Å². The number of nitrogens with one attached hydrogen (secondary N) is 1. The molecule has 0 spiro atoms. The van der Waals surface area contributed by atoms with E-state index in [1.165, 1.54) is 12.4 Å². The number of benzene rings is 2. The first kappa shape index (κ1) is 13.2. The van der Waals surface area contributed by atoms with Crippen molar-refractivity contribution >= 4 is 5.69 Å². The minimum absolute atomic E-state index is 0.215. The molecule has 3 aromatic rings. The van der Waals surface area contributed by atoms with Crippen LogP contribution in [0.4, 0.5) is 14.5 Å². The van der Waals surface area contributed by atoms with E-state index in [9.17, 15) is 8.78 Å². The van der Waals surface area contributed by atoms with Crippen LogP contribution >= 0.6 is 0 Å². The Labute approximate surface area is 120 Å². The molecule has 1 N–H and O–H groups in total. The van der Waals surface area contributed by atoms with Crippen LogP contribution in [0.3, 0.4) is 0 Å². The fraction of sp³-hybridized carbons (Fsp3) is 0.0667. The van der Waals surface area contributed by atoms with Crippen LogP contribution in [-0.2, 0) is 6.54 Å². The molecule has 0 fully saturated rings. The summed E-state index contributed by atoms with van der Waals surface area (Å²) in [6.45, 7) is 0.215. The van der Waals surface area contributed by atoms with Gasteiger partial charge in [0.25, 0.3) is 0 Å². The molecule has 0 unspecified atom stereocenters. The normalized spacial score (nSPS) is 10.6. The standard InChI is InChI=1S/C15H12F2N4/c16-14-3-1-2-11(15(14)17)8-19-12-4-6-13(7-5-12)21-10-18-9-20-21/h1-7,9-10,19H,8H2. The second kappa shape index (κ2) is 5.70. The smallest absolute Gasteiger partial charge is 0.163 e. The summed E-state index contributed by atoms with van der Waals surface area (Å²) in [5.74, 6) is -1.65. The molecule has 0 bridgehead atoms. The van der Waals surface area contributed by atoms with E-state index in [2.05, 4.69) is 15.4 Å². The fourth-order valence-corrected chi connectivity index (χ4v) is 1.96. The zero-order valence-electron chi connectivity index (χ0n) is 11.0. The number of nitrogens with zero attached hydrogens (tertiary/aromatic N) is 3. The van der Waals surface area contributed by atoms with E-state index in [0.717, 1.165) is 17.4 Å². The van der Waals surface area contributed by atoms with Crippen molar-refractivity contribution in [3.63, 3.8) is 0 Å². The topological polar surface area (TPSA) is 42.7 Å². The highest BCUT2D eigenvalue weighted by Gasteiger charge is 2.07. The molecular formula is C15H12F2N4. The number of hydrogen-bond donors (Lipinski definition) is 1. The Morgan fingerprint density at radius 1 is 1.05 bits per heavy atom. The second-order valence-corrected chi connectivity index (χ2v) is 4.45. The number of anilines is 1. The lowest BCUT2D eigenvalue weighted by Gasteiger charge is -2.08. The largest absolute Gasteiger partial charge is 0.381 e. The van der Waals surface area contributed by atoms with Crippen LogP contribution in [0.1, 0.15) is 5.56 Å². The Morgan fingerprint density at radius 2 is 1.86 bits per heavy atom. The molecule has 6 heteroatoms. The monoisotopic (exact) mass is 286 g/mol. The van der Waals surface area contributed by atoms with Gasteiger partial charge in [-0.1, -0.05) is 12.1 Å². The molecule has 0 saturated heterocycles. The average Bonchev–Trinajstić information content (AvgIpc) is 3.04. The van der Waals surface area contributed by atoms with E-state index in [4.69, 9.17) is 0 Å². The van der Waals surface area contributed by atoms with Gasteiger partial charge in [-0.05, 0) is 30.3 Å². The molecular weight excluding hydrogens is 274 g/mol. The van der Waals surface area contributed by atoms with Crippen molar-refractivity contribution in [2.75, 3.05) is 5.32 Å². The van der Waals surface area contributed by atoms with Crippen molar-refractivity contribution < 1.29 is 8.78 Å². The molecule has 0 aliphatic rings. The Bertz CT molecular complexity index is 724. The van der Waals surface area contributed by atoms with Gasteiger partial charge in [0.15, 0.2) is 11.6 Å². The summed E-state index contributed by atoms with van der Waals surface area (Å²) in [6, 6.07) is 11.5. The molecule has 0 radical (unpaired) electrons. The third-order valence-electron chi connectivity index (χ3n) is 3.07. The highest BCUT2D eigenvalue weighted by molar-refractivity contribution is 5.48. The Morgan fingerprint density at radius 3 is 2.57 bits per heavy atom. The van der Waals surface area contributed by atoms with Crippen molar-refractivity contribution in [2.45, 2.75) is 6.54 Å². The third-order valence-corrected chi connectivity index (χ3v) is 3.07. The molecule has 0 amide bonds. The van der Waals surface area contributed by atoms with Crippen molar-refractivity contribution in [2.24, 2.45) is 0 Å². The number of rotatable bonds is 4. The predicted octanol–water partition coefficient (Wildman–Crippen LogP) is 3.16. The summed E-state index contributed by atoms with van der Waals surface area (Å²) in [5, 5.41) is 7.07. The maximum atomic E-state index is 13.5. The van der Waals surface area contributed by atoms with Gasteiger partial charge in [0.1, 0.15) is 12.7 Å². The van der Waals surface area contributed by atoms with Crippen LogP contribution in [0.25, 0.3) is 5.69 Å². The lowest BCUT2D eigenvalue weighted by Crippen LogP contribution is -2.03. The lowest BCUT2D eigenvalue weighted by molar-refractivity contribution is 0.500. The van der Waals surface area contributed by atoms with Gasteiger partial charge in [-0.3, -0.25) is 0 Å². The van der Waals surface area contributed by atoms with Gasteiger partial charge >= 0.3 is 0 Å². The summed E-state index contributed by atoms with van der Waals surface area (Å²) in [6.07, 6.45) is 3.06. The van der Waals surface area contributed by atoms with Crippen molar-refractivity contribution in [1.82, 2.24) is 14.8 Å². The molecule has 0 saturated carbocycles. The van der Waals surface area contributed by atoms with E-state index in [1.807, 2.05) is 24.3 Å². The van der Waals surface area contributed by atoms with E-state index in [1.54, 1.807) is 17.1 Å². The maximum Gasteiger partial charge on any atom is 0.163 e. The van der Waals surface area contributed by atoms with Crippen LogP contribution in [-0.4, -0.2) is 14.8 Å². The van der Waals surface area contributed by atoms with E-state index in [-0.39, 0.29) is 12.1 Å². The summed E-state index contributed by atoms with van der Waals surface area (Å²) in [5.41, 5.74) is 1.97. The van der Waals surface area contributed by atoms with Gasteiger partial charge in [-0.2, -0.15) is 5.10 Å². The molecule has 1 heterocycles. The Kier molecular flexibility index (Phi) is 3.59. The van der Waals surface area contributed by atoms with Crippen molar-refractivity contribution in [1.29, 1.82) is 0 Å². The van der Waals surface area contributed by atoms with Gasteiger partial charge in [0, 0.05) is 17.8 Å². The molecule has 21 heavy (non-hydrogen) atoms. The molecule has 0 aliphatic carbocycles. The fourth-order valence-electron chi connectivity index (χ4n) is 1.96. The molecule has 0 aliphatic heterocycles. The van der Waals surface area contributed by atoms with Crippen LogP contribution in [0, 0.1) is 11.6 Å². The highest BCUT2D eigenvalue weighted by Crippen LogP contribution is 2.16. The van der Waals surface area contributed by atoms with E-state index < -0.39 is 11.6 Å². The van der Waals surface area contributed by atoms with Gasteiger partial charge in [0.2, 0.25) is 0 Å². The summed E-state index contributed by atoms with van der Waals surface area (Å²) in [7, 11) is 0. The minimum atomic E-state index is -0.837. The quantitative estimate of drug-likeness (QED) is 0.801. The zero-order chi connectivity index (χ0) is 14.7. The summed E-state index contributed by atoms with van der Waals surface area (Å²) < 4.78 is 28.3. The van der Waals surface area contributed by atoms with Crippen LogP contribution in [0.2, 0.25) is 0 Å². The van der Waals surface area contributed by atoms with Crippen LogP contribution in [0.5, 0.6) is 0 Å². The highest BCUT2D eigenvalue weighted by atomic mass is 19.2. The van der Waals surface area contributed by atoms with Crippen molar-refractivity contribution in [3.8, 4) is 5.69 Å². The minimum Gasteiger partial charge on any atom is -0.381 e. The first-order chi connectivity index (χ1) is 10.2. The lowest BCUT2D eigenvalue weighted by atomic mass is 10.2. The number of hydrogen-bond acceptors (Lipinski definition) is 3. The average molecular weight is 286 g/mol. The molecule has 3 rings (SSSR count). The molecule has 1 aromatic heterocycles. The van der Waals surface area contributed by atoms with E-state index in [0.29, 0.717) is 0 Å². The molecule has 2 aromatic carbocycles. The summed E-state index contributed by atoms with van der Waals surface area (Å²) >= 11 is 0. The molecule has 0 atom stereocenters. The van der Waals surface area contributed by atoms with Crippen LogP contribution in [0.15, 0.2) is 55.1 Å². The Hall–Kier alpha value is -2.76. The van der Waals surface area contributed by atoms with Crippen molar-refractivity contribution in [3.05, 3.63) is 72.3 Å². The Balaban J connectivity index is 1.70. The van der Waals surface area contributed by atoms with E-state index >= 15 is 0 Å². The zero-order valence-corrected chi connectivity index (χ0v) is 11.0.